The quantitative estimate of drug-likeness (QED) is 0.220. The number of hydrogen-bond donors (Lipinski definition) is 0. The van der Waals surface area contributed by atoms with E-state index in [2.05, 4.69) is 15.0 Å². The zero-order valence-corrected chi connectivity index (χ0v) is 16.4. The van der Waals surface area contributed by atoms with Crippen LogP contribution in [-0.4, -0.2) is 33.9 Å². The van der Waals surface area contributed by atoms with E-state index < -0.39 is 9.85 Å². The van der Waals surface area contributed by atoms with E-state index in [4.69, 9.17) is 0 Å². The summed E-state index contributed by atoms with van der Waals surface area (Å²) in [6.45, 7) is 0. The van der Waals surface area contributed by atoms with Gasteiger partial charge in [-0.1, -0.05) is 6.07 Å². The molecule has 0 saturated carbocycles. The third-order valence-corrected chi connectivity index (χ3v) is 3.51. The number of nitrogens with zero attached hydrogens (tertiary/aromatic N) is 7. The molecule has 0 aromatic carbocycles. The molecule has 3 aromatic heterocycles. The molecule has 144 valence electrons. The summed E-state index contributed by atoms with van der Waals surface area (Å²) in [6, 6.07) is 4.97. The zero-order chi connectivity index (χ0) is 17.4. The van der Waals surface area contributed by atoms with E-state index in [1.165, 1.54) is 23.2 Å². The van der Waals surface area contributed by atoms with Crippen molar-refractivity contribution in [2.45, 2.75) is 0 Å². The summed E-state index contributed by atoms with van der Waals surface area (Å²) in [5.41, 5.74) is 0.794. The molecule has 0 saturated heterocycles. The Hall–Kier alpha value is -2.53. The van der Waals surface area contributed by atoms with E-state index in [0.717, 1.165) is 12.4 Å². The summed E-state index contributed by atoms with van der Waals surface area (Å²) in [4.78, 5) is 33.2. The number of rotatable bonds is 4. The van der Waals surface area contributed by atoms with Crippen LogP contribution >= 0.6 is 0 Å². The van der Waals surface area contributed by atoms with Crippen LogP contribution in [-0.2, 0) is 31.2 Å². The third-order valence-electron chi connectivity index (χ3n) is 3.51. The Morgan fingerprint density at radius 2 is 1.22 bits per heavy atom. The van der Waals surface area contributed by atoms with Crippen molar-refractivity contribution in [2.75, 3.05) is 0 Å². The van der Waals surface area contributed by atoms with Crippen molar-refractivity contribution >= 4 is 11.6 Å². The van der Waals surface area contributed by atoms with Gasteiger partial charge in [0.05, 0.1) is 14.1 Å². The average Bonchev–Trinajstić information content (AvgIpc) is 3.10. The largest absolute Gasteiger partial charge is 2.00 e. The van der Waals surface area contributed by atoms with Crippen LogP contribution in [0.1, 0.15) is 0 Å². The maximum absolute atomic E-state index is 10.9. The van der Waals surface area contributed by atoms with E-state index in [1.54, 1.807) is 18.2 Å². The normalized spacial score (nSPS) is 9.56. The summed E-state index contributed by atoms with van der Waals surface area (Å²) in [6.07, 6.45) is 2.30. The predicted molar refractivity (Wildman–Crippen MR) is 81.9 cm³/mol. The molecular formula is C13H11Cl2FeN7O4. The molecule has 0 bridgehead atoms. The van der Waals surface area contributed by atoms with Gasteiger partial charge in [0.2, 0.25) is 11.6 Å². The minimum atomic E-state index is -0.539. The van der Waals surface area contributed by atoms with E-state index in [1.807, 2.05) is 0 Å². The second kappa shape index (κ2) is 9.42. The van der Waals surface area contributed by atoms with Crippen LogP contribution < -0.4 is 24.8 Å². The van der Waals surface area contributed by atoms with Crippen LogP contribution in [0.4, 0.5) is 11.6 Å². The molecule has 27 heavy (non-hydrogen) atoms. The van der Waals surface area contributed by atoms with Crippen LogP contribution in [0.25, 0.3) is 23.0 Å². The first-order valence-electron chi connectivity index (χ1n) is 6.70. The number of hydrogen-bond acceptors (Lipinski definition) is 7. The number of nitro groups is 2. The van der Waals surface area contributed by atoms with E-state index in [0.29, 0.717) is 23.0 Å². The van der Waals surface area contributed by atoms with Gasteiger partial charge in [0.25, 0.3) is 0 Å². The van der Waals surface area contributed by atoms with Gasteiger partial charge in [0.15, 0.2) is 0 Å². The van der Waals surface area contributed by atoms with Crippen LogP contribution in [0.2, 0.25) is 0 Å². The molecule has 0 fully saturated rings. The Morgan fingerprint density at radius 1 is 0.852 bits per heavy atom. The molecule has 3 heterocycles. The van der Waals surface area contributed by atoms with Gasteiger partial charge in [-0.2, -0.15) is 0 Å². The smallest absolute Gasteiger partial charge is 1.00 e. The molecule has 0 amide bonds. The monoisotopic (exact) mass is 455 g/mol. The molecule has 0 atom stereocenters. The molecule has 0 spiro atoms. The number of halogens is 2. The van der Waals surface area contributed by atoms with Crippen molar-refractivity contribution in [1.29, 1.82) is 0 Å². The van der Waals surface area contributed by atoms with Crippen molar-refractivity contribution in [3.05, 3.63) is 50.8 Å². The molecule has 14 heteroatoms. The fourth-order valence-corrected chi connectivity index (χ4v) is 2.30. The molecule has 3 aromatic rings. The topological polar surface area (TPSA) is 135 Å². The van der Waals surface area contributed by atoms with Crippen LogP contribution in [0.3, 0.4) is 0 Å². The van der Waals surface area contributed by atoms with Gasteiger partial charge in [0.1, 0.15) is 23.8 Å². The Labute approximate surface area is 175 Å². The second-order valence-electron chi connectivity index (χ2n) is 4.92. The Kier molecular flexibility index (Phi) is 8.54. The minimum Gasteiger partial charge on any atom is -1.00 e. The van der Waals surface area contributed by atoms with Gasteiger partial charge in [-0.05, 0) is 22.0 Å². The van der Waals surface area contributed by atoms with Crippen molar-refractivity contribution in [1.82, 2.24) is 24.1 Å². The van der Waals surface area contributed by atoms with Crippen LogP contribution in [0, 0.1) is 20.2 Å². The molecule has 11 nitrogen and oxygen atoms in total. The molecular weight excluding hydrogens is 445 g/mol. The molecule has 0 aliphatic rings. The SMILES string of the molecule is Cn1c([N+](=O)[O-])cnc1-c1cccc(-c2ncc([N+](=O)[O-])n2C)n1.[Cl-].[Cl-].[Fe+2]. The number of aromatic nitrogens is 5. The van der Waals surface area contributed by atoms with Crippen LogP contribution in [0.5, 0.6) is 0 Å². The summed E-state index contributed by atoms with van der Waals surface area (Å²) >= 11 is 0. The van der Waals surface area contributed by atoms with Gasteiger partial charge in [-0.25, -0.2) is 24.1 Å². The van der Waals surface area contributed by atoms with Crippen molar-refractivity contribution in [2.24, 2.45) is 14.1 Å². The number of pyridine rings is 1. The maximum Gasteiger partial charge on any atom is 2.00 e. The van der Waals surface area contributed by atoms with E-state index in [9.17, 15) is 20.2 Å². The second-order valence-corrected chi connectivity index (χ2v) is 4.92. The zero-order valence-electron chi connectivity index (χ0n) is 13.8. The average molecular weight is 456 g/mol. The van der Waals surface area contributed by atoms with E-state index >= 15 is 0 Å². The Morgan fingerprint density at radius 3 is 1.52 bits per heavy atom. The first-order valence-corrected chi connectivity index (χ1v) is 6.70. The van der Waals surface area contributed by atoms with Gasteiger partial charge >= 0.3 is 28.7 Å². The minimum absolute atomic E-state index is 0. The maximum atomic E-state index is 10.9. The van der Waals surface area contributed by atoms with Crippen LogP contribution in [0.15, 0.2) is 30.6 Å². The summed E-state index contributed by atoms with van der Waals surface area (Å²) in [7, 11) is 3.03. The first kappa shape index (κ1) is 24.5. The summed E-state index contributed by atoms with van der Waals surface area (Å²) in [5.74, 6) is 0.300. The van der Waals surface area contributed by atoms with Crippen molar-refractivity contribution in [3.8, 4) is 23.0 Å². The van der Waals surface area contributed by atoms with Gasteiger partial charge in [0, 0.05) is 0 Å². The summed E-state index contributed by atoms with van der Waals surface area (Å²) < 4.78 is 2.62. The number of imidazole rings is 2. The standard InChI is InChI=1S/C13H11N7O4.2ClH.Fe/c1-17-10(19(21)22)6-14-12(17)8-4-3-5-9(16-8)13-15-7-11(18(13)2)20(23)24;;;/h3-7H,1-2H3;2*1H;/q;;;+2/p-2. The molecule has 0 unspecified atom stereocenters. The van der Waals surface area contributed by atoms with Gasteiger partial charge in [-0.15, -0.1) is 0 Å². The van der Waals surface area contributed by atoms with Gasteiger partial charge in [-0.3, -0.25) is 0 Å². The Bertz CT molecular complexity index is 902. The van der Waals surface area contributed by atoms with E-state index in [-0.39, 0.29) is 53.5 Å². The Balaban J connectivity index is 0.00000225. The third kappa shape index (κ3) is 4.42. The molecule has 0 aliphatic heterocycles. The predicted octanol–water partition coefficient (Wildman–Crippen LogP) is -4.30. The molecule has 0 N–H and O–H groups in total. The summed E-state index contributed by atoms with van der Waals surface area (Å²) in [5, 5.41) is 21.8. The fourth-order valence-electron chi connectivity index (χ4n) is 2.30. The van der Waals surface area contributed by atoms with Crippen molar-refractivity contribution < 1.29 is 51.7 Å². The molecule has 0 aliphatic carbocycles. The first-order chi connectivity index (χ1) is 11.4. The molecule has 3 rings (SSSR count). The van der Waals surface area contributed by atoms with Crippen molar-refractivity contribution in [3.63, 3.8) is 0 Å². The molecule has 0 radical (unpaired) electrons. The van der Waals surface area contributed by atoms with Gasteiger partial charge < -0.3 is 45.0 Å². The fraction of sp³-hybridized carbons (Fsp3) is 0.154.